The van der Waals surface area contributed by atoms with Gasteiger partial charge in [0.25, 0.3) is 0 Å². The van der Waals surface area contributed by atoms with Gasteiger partial charge in [-0.1, -0.05) is 0 Å². The maximum absolute atomic E-state index is 5.26. The number of rotatable bonds is 3. The van der Waals surface area contributed by atoms with Crippen molar-refractivity contribution in [3.05, 3.63) is 35.7 Å². The number of hydrogen-bond acceptors (Lipinski definition) is 4. The minimum atomic E-state index is 0.755. The van der Waals surface area contributed by atoms with Gasteiger partial charge in [-0.15, -0.1) is 0 Å². The fraction of sp³-hybridized carbons (Fsp3) is 0.286. The third kappa shape index (κ3) is 2.42. The molecule has 0 atom stereocenters. The van der Waals surface area contributed by atoms with Crippen LogP contribution in [0.4, 0.5) is 5.82 Å². The Labute approximate surface area is 107 Å². The number of nitrogens with zero attached hydrogens (tertiary/aromatic N) is 2. The highest BCUT2D eigenvalue weighted by Gasteiger charge is 2.06. The average Bonchev–Trinajstić information content (AvgIpc) is 2.37. The molecule has 2 aromatic rings. The number of hydrogen-bond donors (Lipinski definition) is 1. The number of ether oxygens (including phenoxy) is 1. The Bertz CT molecular complexity index is 567. The summed E-state index contributed by atoms with van der Waals surface area (Å²) in [6.45, 7) is 3.91. The van der Waals surface area contributed by atoms with Crippen molar-refractivity contribution in [3.8, 4) is 17.0 Å². The predicted octanol–water partition coefficient (Wildman–Crippen LogP) is 2.81. The standard InChI is InChI=1S/C14H17N3O/c1-9-7-11(5-6-13(9)18-4)12-8-14(15-3)17-10(2)16-12/h5-8H,1-4H3,(H,15,16,17). The number of methoxy groups -OCH3 is 1. The Morgan fingerprint density at radius 3 is 2.50 bits per heavy atom. The maximum Gasteiger partial charge on any atom is 0.130 e. The van der Waals surface area contributed by atoms with E-state index in [9.17, 15) is 0 Å². The molecule has 0 amide bonds. The van der Waals surface area contributed by atoms with Crippen LogP contribution < -0.4 is 10.1 Å². The van der Waals surface area contributed by atoms with E-state index in [1.165, 1.54) is 0 Å². The Morgan fingerprint density at radius 1 is 1.11 bits per heavy atom. The quantitative estimate of drug-likeness (QED) is 0.900. The molecule has 18 heavy (non-hydrogen) atoms. The molecular weight excluding hydrogens is 226 g/mol. The van der Waals surface area contributed by atoms with Crippen molar-refractivity contribution < 1.29 is 4.74 Å². The SMILES string of the molecule is CNc1cc(-c2ccc(OC)c(C)c2)nc(C)n1. The zero-order valence-electron chi connectivity index (χ0n) is 11.1. The summed E-state index contributed by atoms with van der Waals surface area (Å²) in [5, 5.41) is 3.04. The second-order valence-corrected chi connectivity index (χ2v) is 4.12. The normalized spacial score (nSPS) is 10.2. The van der Waals surface area contributed by atoms with Crippen LogP contribution in [-0.4, -0.2) is 24.1 Å². The highest BCUT2D eigenvalue weighted by atomic mass is 16.5. The van der Waals surface area contributed by atoms with Gasteiger partial charge < -0.3 is 10.1 Å². The van der Waals surface area contributed by atoms with Crippen molar-refractivity contribution in [1.82, 2.24) is 9.97 Å². The Hall–Kier alpha value is -2.10. The largest absolute Gasteiger partial charge is 0.496 e. The summed E-state index contributed by atoms with van der Waals surface area (Å²) in [5.41, 5.74) is 3.07. The van der Waals surface area contributed by atoms with Gasteiger partial charge in [-0.05, 0) is 37.6 Å². The van der Waals surface area contributed by atoms with E-state index in [0.29, 0.717) is 0 Å². The fourth-order valence-electron chi connectivity index (χ4n) is 1.88. The molecule has 1 heterocycles. The van der Waals surface area contributed by atoms with E-state index in [-0.39, 0.29) is 0 Å². The van der Waals surface area contributed by atoms with Gasteiger partial charge in [-0.25, -0.2) is 9.97 Å². The summed E-state index contributed by atoms with van der Waals surface area (Å²) < 4.78 is 5.26. The molecule has 1 N–H and O–H groups in total. The Morgan fingerprint density at radius 2 is 1.89 bits per heavy atom. The molecular formula is C14H17N3O. The molecule has 0 aliphatic carbocycles. The molecule has 0 unspecified atom stereocenters. The van der Waals surface area contributed by atoms with Gasteiger partial charge in [0.1, 0.15) is 17.4 Å². The molecule has 1 aromatic heterocycles. The van der Waals surface area contributed by atoms with Gasteiger partial charge in [0, 0.05) is 18.7 Å². The van der Waals surface area contributed by atoms with Crippen LogP contribution in [0.15, 0.2) is 24.3 Å². The highest BCUT2D eigenvalue weighted by Crippen LogP contribution is 2.25. The molecule has 0 bridgehead atoms. The van der Waals surface area contributed by atoms with Crippen LogP contribution in [0, 0.1) is 13.8 Å². The first-order valence-corrected chi connectivity index (χ1v) is 5.82. The lowest BCUT2D eigenvalue weighted by Crippen LogP contribution is -1.98. The zero-order chi connectivity index (χ0) is 13.1. The number of aromatic nitrogens is 2. The second kappa shape index (κ2) is 5.04. The summed E-state index contributed by atoms with van der Waals surface area (Å²) in [6.07, 6.45) is 0. The molecule has 2 rings (SSSR count). The highest BCUT2D eigenvalue weighted by molar-refractivity contribution is 5.64. The minimum Gasteiger partial charge on any atom is -0.496 e. The van der Waals surface area contributed by atoms with Crippen LogP contribution in [0.3, 0.4) is 0 Å². The monoisotopic (exact) mass is 243 g/mol. The number of aryl methyl sites for hydroxylation is 2. The first kappa shape index (κ1) is 12.4. The lowest BCUT2D eigenvalue weighted by molar-refractivity contribution is 0.412. The van der Waals surface area contributed by atoms with E-state index >= 15 is 0 Å². The average molecular weight is 243 g/mol. The van der Waals surface area contributed by atoms with Gasteiger partial charge >= 0.3 is 0 Å². The van der Waals surface area contributed by atoms with Crippen molar-refractivity contribution in [1.29, 1.82) is 0 Å². The van der Waals surface area contributed by atoms with Gasteiger partial charge in [-0.3, -0.25) is 0 Å². The molecule has 4 heteroatoms. The zero-order valence-corrected chi connectivity index (χ0v) is 11.1. The summed E-state index contributed by atoms with van der Waals surface area (Å²) >= 11 is 0. The van der Waals surface area contributed by atoms with E-state index in [2.05, 4.69) is 21.4 Å². The topological polar surface area (TPSA) is 47.0 Å². The molecule has 0 aliphatic heterocycles. The van der Waals surface area contributed by atoms with Gasteiger partial charge in [0.15, 0.2) is 0 Å². The lowest BCUT2D eigenvalue weighted by atomic mass is 10.1. The van der Waals surface area contributed by atoms with Crippen molar-refractivity contribution in [3.63, 3.8) is 0 Å². The summed E-state index contributed by atoms with van der Waals surface area (Å²) in [7, 11) is 3.53. The first-order chi connectivity index (χ1) is 8.63. The second-order valence-electron chi connectivity index (χ2n) is 4.12. The van der Waals surface area contributed by atoms with Crippen molar-refractivity contribution in [2.24, 2.45) is 0 Å². The van der Waals surface area contributed by atoms with Crippen molar-refractivity contribution in [2.45, 2.75) is 13.8 Å². The first-order valence-electron chi connectivity index (χ1n) is 5.82. The smallest absolute Gasteiger partial charge is 0.130 e. The van der Waals surface area contributed by atoms with E-state index in [4.69, 9.17) is 4.74 Å². The fourth-order valence-corrected chi connectivity index (χ4v) is 1.88. The Balaban J connectivity index is 2.48. The van der Waals surface area contributed by atoms with E-state index in [0.717, 1.165) is 34.2 Å². The lowest BCUT2D eigenvalue weighted by Gasteiger charge is -2.09. The number of anilines is 1. The molecule has 0 saturated heterocycles. The van der Waals surface area contributed by atoms with Crippen molar-refractivity contribution >= 4 is 5.82 Å². The molecule has 0 saturated carbocycles. The molecule has 94 valence electrons. The minimum absolute atomic E-state index is 0.755. The molecule has 4 nitrogen and oxygen atoms in total. The van der Waals surface area contributed by atoms with Gasteiger partial charge in [0.2, 0.25) is 0 Å². The third-order valence-corrected chi connectivity index (χ3v) is 2.78. The molecule has 1 aromatic carbocycles. The van der Waals surface area contributed by atoms with E-state index in [1.54, 1.807) is 7.11 Å². The molecule has 0 spiro atoms. The summed E-state index contributed by atoms with van der Waals surface area (Å²) in [5.74, 6) is 2.47. The van der Waals surface area contributed by atoms with E-state index in [1.807, 2.05) is 39.1 Å². The molecule has 0 radical (unpaired) electrons. The van der Waals surface area contributed by atoms with Crippen LogP contribution in [0.2, 0.25) is 0 Å². The number of nitrogens with one attached hydrogen (secondary N) is 1. The van der Waals surface area contributed by atoms with Crippen LogP contribution in [0.5, 0.6) is 5.75 Å². The summed E-state index contributed by atoms with van der Waals surface area (Å²) in [6, 6.07) is 7.97. The van der Waals surface area contributed by atoms with Crippen molar-refractivity contribution in [2.75, 3.05) is 19.5 Å². The van der Waals surface area contributed by atoms with E-state index < -0.39 is 0 Å². The summed E-state index contributed by atoms with van der Waals surface area (Å²) in [4.78, 5) is 8.74. The van der Waals surface area contributed by atoms with Gasteiger partial charge in [-0.2, -0.15) is 0 Å². The van der Waals surface area contributed by atoms with Gasteiger partial charge in [0.05, 0.1) is 12.8 Å². The van der Waals surface area contributed by atoms with Crippen LogP contribution in [0.1, 0.15) is 11.4 Å². The predicted molar refractivity (Wildman–Crippen MR) is 73.0 cm³/mol. The maximum atomic E-state index is 5.26. The van der Waals surface area contributed by atoms with Crippen LogP contribution in [0.25, 0.3) is 11.3 Å². The van der Waals surface area contributed by atoms with Crippen LogP contribution >= 0.6 is 0 Å². The Kier molecular flexibility index (Phi) is 3.46. The molecule has 0 fully saturated rings. The number of benzene rings is 1. The molecule has 0 aliphatic rings. The third-order valence-electron chi connectivity index (χ3n) is 2.78. The van der Waals surface area contributed by atoms with Crippen LogP contribution in [-0.2, 0) is 0 Å².